The Bertz CT molecular complexity index is 425. The Morgan fingerprint density at radius 3 is 2.46 bits per heavy atom. The summed E-state index contributed by atoms with van der Waals surface area (Å²) in [7, 11) is 0. The molecule has 4 heteroatoms. The molecule has 1 aromatic carbocycles. The standard InChI is InChI=1S/C20H33NOS.ClH/c1-2-3-14-19(23-17-12-8-5-9-13-17)20(22)18(21)15-16-10-6-4-7-11-16;/h4,6-7,10-11,17-20,22H,2-3,5,8-9,12-15,21H2,1H3;1H. The third-order valence-corrected chi connectivity index (χ3v) is 6.62. The zero-order valence-electron chi connectivity index (χ0n) is 14.9. The van der Waals surface area contributed by atoms with Gasteiger partial charge in [-0.1, -0.05) is 69.4 Å². The molecule has 3 unspecified atom stereocenters. The van der Waals surface area contributed by atoms with Crippen molar-refractivity contribution in [1.82, 2.24) is 0 Å². The Hall–Kier alpha value is -0.220. The summed E-state index contributed by atoms with van der Waals surface area (Å²) in [6.45, 7) is 2.22. The van der Waals surface area contributed by atoms with Crippen LogP contribution in [0.3, 0.4) is 0 Å². The zero-order valence-corrected chi connectivity index (χ0v) is 16.5. The topological polar surface area (TPSA) is 46.2 Å². The van der Waals surface area contributed by atoms with Gasteiger partial charge in [0.2, 0.25) is 0 Å². The molecule has 0 spiro atoms. The van der Waals surface area contributed by atoms with Crippen molar-refractivity contribution >= 4 is 24.2 Å². The Kier molecular flexibility index (Phi) is 11.1. The fourth-order valence-corrected chi connectivity index (χ4v) is 5.22. The van der Waals surface area contributed by atoms with Gasteiger partial charge in [-0.25, -0.2) is 0 Å². The van der Waals surface area contributed by atoms with Gasteiger partial charge < -0.3 is 10.8 Å². The van der Waals surface area contributed by atoms with E-state index in [1.54, 1.807) is 0 Å². The number of rotatable bonds is 9. The van der Waals surface area contributed by atoms with Crippen LogP contribution in [-0.4, -0.2) is 27.8 Å². The Morgan fingerprint density at radius 2 is 1.83 bits per heavy atom. The molecular weight excluding hydrogens is 338 g/mol. The van der Waals surface area contributed by atoms with Crippen molar-refractivity contribution in [3.8, 4) is 0 Å². The van der Waals surface area contributed by atoms with Gasteiger partial charge in [0, 0.05) is 16.5 Å². The lowest BCUT2D eigenvalue weighted by molar-refractivity contribution is 0.137. The fraction of sp³-hybridized carbons (Fsp3) is 0.700. The van der Waals surface area contributed by atoms with Crippen LogP contribution in [0.1, 0.15) is 63.9 Å². The van der Waals surface area contributed by atoms with Crippen LogP contribution in [0, 0.1) is 0 Å². The van der Waals surface area contributed by atoms with Gasteiger partial charge in [-0.2, -0.15) is 11.8 Å². The summed E-state index contributed by atoms with van der Waals surface area (Å²) in [6.07, 6.45) is 10.5. The van der Waals surface area contributed by atoms with Crippen LogP contribution >= 0.6 is 24.2 Å². The van der Waals surface area contributed by atoms with Gasteiger partial charge in [-0.3, -0.25) is 0 Å². The zero-order chi connectivity index (χ0) is 16.5. The van der Waals surface area contributed by atoms with E-state index in [0.29, 0.717) is 0 Å². The lowest BCUT2D eigenvalue weighted by Gasteiger charge is -2.32. The maximum absolute atomic E-state index is 10.9. The van der Waals surface area contributed by atoms with Crippen molar-refractivity contribution in [2.75, 3.05) is 0 Å². The highest BCUT2D eigenvalue weighted by molar-refractivity contribution is 8.00. The summed E-state index contributed by atoms with van der Waals surface area (Å²) in [5, 5.41) is 11.9. The molecule has 0 aromatic heterocycles. The molecule has 0 aliphatic heterocycles. The Morgan fingerprint density at radius 1 is 1.17 bits per heavy atom. The predicted molar refractivity (Wildman–Crippen MR) is 109 cm³/mol. The van der Waals surface area contributed by atoms with E-state index < -0.39 is 6.10 Å². The predicted octanol–water partition coefficient (Wildman–Crippen LogP) is 4.96. The first-order valence-corrected chi connectivity index (χ1v) is 10.3. The van der Waals surface area contributed by atoms with Gasteiger partial charge >= 0.3 is 0 Å². The number of halogens is 1. The van der Waals surface area contributed by atoms with Crippen molar-refractivity contribution in [2.45, 2.75) is 87.4 Å². The molecule has 24 heavy (non-hydrogen) atoms. The third kappa shape index (κ3) is 7.35. The average molecular weight is 372 g/mol. The first kappa shape index (κ1) is 21.8. The van der Waals surface area contributed by atoms with Crippen LogP contribution in [0.15, 0.2) is 30.3 Å². The molecule has 0 radical (unpaired) electrons. The van der Waals surface area contributed by atoms with E-state index in [1.165, 1.54) is 50.5 Å². The molecule has 1 fully saturated rings. The lowest BCUT2D eigenvalue weighted by Crippen LogP contribution is -2.43. The third-order valence-electron chi connectivity index (χ3n) is 4.90. The van der Waals surface area contributed by atoms with Gasteiger partial charge in [-0.15, -0.1) is 12.4 Å². The molecule has 1 aromatic rings. The summed E-state index contributed by atoms with van der Waals surface area (Å²) in [5.41, 5.74) is 7.58. The number of aliphatic hydroxyl groups excluding tert-OH is 1. The second-order valence-corrected chi connectivity index (χ2v) is 8.47. The first-order valence-electron chi connectivity index (χ1n) is 9.33. The average Bonchev–Trinajstić information content (AvgIpc) is 2.59. The summed E-state index contributed by atoms with van der Waals surface area (Å²) in [5.74, 6) is 0. The number of aliphatic hydroxyl groups is 1. The molecule has 2 rings (SSSR count). The molecule has 1 saturated carbocycles. The van der Waals surface area contributed by atoms with E-state index in [-0.39, 0.29) is 23.7 Å². The molecule has 2 nitrogen and oxygen atoms in total. The van der Waals surface area contributed by atoms with Crippen molar-refractivity contribution in [3.63, 3.8) is 0 Å². The minimum atomic E-state index is -0.409. The molecule has 3 N–H and O–H groups in total. The molecule has 0 bridgehead atoms. The molecule has 0 amide bonds. The summed E-state index contributed by atoms with van der Waals surface area (Å²) < 4.78 is 0. The summed E-state index contributed by atoms with van der Waals surface area (Å²) in [4.78, 5) is 0. The molecule has 1 aliphatic carbocycles. The number of nitrogens with two attached hydrogens (primary N) is 1. The second kappa shape index (κ2) is 12.2. The van der Waals surface area contributed by atoms with E-state index in [9.17, 15) is 5.11 Å². The van der Waals surface area contributed by atoms with E-state index in [1.807, 2.05) is 30.0 Å². The molecule has 0 heterocycles. The van der Waals surface area contributed by atoms with E-state index in [4.69, 9.17) is 5.73 Å². The molecule has 0 saturated heterocycles. The maximum Gasteiger partial charge on any atom is 0.0812 e. The van der Waals surface area contributed by atoms with Crippen LogP contribution in [0.25, 0.3) is 0 Å². The minimum absolute atomic E-state index is 0. The highest BCUT2D eigenvalue weighted by Gasteiger charge is 2.28. The van der Waals surface area contributed by atoms with E-state index >= 15 is 0 Å². The highest BCUT2D eigenvalue weighted by Crippen LogP contribution is 2.35. The number of hydrogen-bond donors (Lipinski definition) is 2. The second-order valence-electron chi connectivity index (χ2n) is 6.92. The van der Waals surface area contributed by atoms with Gasteiger partial charge in [0.25, 0.3) is 0 Å². The van der Waals surface area contributed by atoms with E-state index in [2.05, 4.69) is 19.1 Å². The van der Waals surface area contributed by atoms with Gasteiger partial charge in [-0.05, 0) is 31.2 Å². The Labute approximate surface area is 158 Å². The first-order chi connectivity index (χ1) is 11.2. The SMILES string of the molecule is CCCCC(SC1CCCCC1)C(O)C(N)Cc1ccccc1.Cl. The number of unbranched alkanes of at least 4 members (excludes halogenated alkanes) is 1. The van der Waals surface area contributed by atoms with Crippen molar-refractivity contribution < 1.29 is 5.11 Å². The van der Waals surface area contributed by atoms with Crippen molar-refractivity contribution in [3.05, 3.63) is 35.9 Å². The largest absolute Gasteiger partial charge is 0.390 e. The van der Waals surface area contributed by atoms with Crippen molar-refractivity contribution in [2.24, 2.45) is 5.73 Å². The number of thioether (sulfide) groups is 1. The number of benzene rings is 1. The highest BCUT2D eigenvalue weighted by atomic mass is 35.5. The van der Waals surface area contributed by atoms with Crippen LogP contribution in [0.2, 0.25) is 0 Å². The minimum Gasteiger partial charge on any atom is -0.390 e. The molecule has 1 aliphatic rings. The monoisotopic (exact) mass is 371 g/mol. The van der Waals surface area contributed by atoms with Crippen LogP contribution in [-0.2, 0) is 6.42 Å². The molecule has 3 atom stereocenters. The van der Waals surface area contributed by atoms with E-state index in [0.717, 1.165) is 18.1 Å². The summed E-state index contributed by atoms with van der Waals surface area (Å²) in [6, 6.07) is 10.1. The van der Waals surface area contributed by atoms with Gasteiger partial charge in [0.15, 0.2) is 0 Å². The van der Waals surface area contributed by atoms with Gasteiger partial charge in [0.1, 0.15) is 0 Å². The fourth-order valence-electron chi connectivity index (χ4n) is 3.46. The van der Waals surface area contributed by atoms with Gasteiger partial charge in [0.05, 0.1) is 6.10 Å². The normalized spacial score (nSPS) is 19.3. The summed E-state index contributed by atoms with van der Waals surface area (Å²) >= 11 is 2.02. The lowest BCUT2D eigenvalue weighted by atomic mass is 9.97. The maximum atomic E-state index is 10.9. The smallest absolute Gasteiger partial charge is 0.0812 e. The number of hydrogen-bond acceptors (Lipinski definition) is 3. The molecule has 138 valence electrons. The van der Waals surface area contributed by atoms with Crippen LogP contribution in [0.4, 0.5) is 0 Å². The quantitative estimate of drug-likeness (QED) is 0.644. The van der Waals surface area contributed by atoms with Crippen molar-refractivity contribution in [1.29, 1.82) is 0 Å². The van der Waals surface area contributed by atoms with Crippen LogP contribution in [0.5, 0.6) is 0 Å². The molecular formula is C20H34ClNOS. The van der Waals surface area contributed by atoms with Crippen LogP contribution < -0.4 is 5.73 Å². The Balaban J connectivity index is 0.00000288.